The van der Waals surface area contributed by atoms with Crippen LogP contribution in [0.2, 0.25) is 5.15 Å². The van der Waals surface area contributed by atoms with Crippen molar-refractivity contribution in [2.75, 3.05) is 6.54 Å². The molecule has 0 aliphatic heterocycles. The lowest BCUT2D eigenvalue weighted by atomic mass is 10.2. The molecule has 4 heteroatoms. The smallest absolute Gasteiger partial charge is 0.251 e. The van der Waals surface area contributed by atoms with Crippen LogP contribution in [-0.4, -0.2) is 17.4 Å². The van der Waals surface area contributed by atoms with Crippen molar-refractivity contribution in [3.63, 3.8) is 0 Å². The van der Waals surface area contributed by atoms with E-state index in [1.165, 1.54) is 0 Å². The highest BCUT2D eigenvalue weighted by molar-refractivity contribution is 6.29. The van der Waals surface area contributed by atoms with Crippen molar-refractivity contribution >= 4 is 17.5 Å². The summed E-state index contributed by atoms with van der Waals surface area (Å²) in [5.41, 5.74) is 1.27. The van der Waals surface area contributed by atoms with Crippen LogP contribution in [0.25, 0.3) is 0 Å². The van der Waals surface area contributed by atoms with Gasteiger partial charge in [-0.15, -0.1) is 6.58 Å². The zero-order valence-electron chi connectivity index (χ0n) is 8.59. The molecule has 15 heavy (non-hydrogen) atoms. The van der Waals surface area contributed by atoms with Gasteiger partial charge in [0.15, 0.2) is 0 Å². The Kier molecular flexibility index (Phi) is 4.31. The first-order valence-corrected chi connectivity index (χ1v) is 5.04. The van der Waals surface area contributed by atoms with Gasteiger partial charge in [0, 0.05) is 17.8 Å². The molecule has 0 saturated carbocycles. The van der Waals surface area contributed by atoms with E-state index in [1.807, 2.05) is 0 Å². The van der Waals surface area contributed by atoms with E-state index in [9.17, 15) is 4.79 Å². The van der Waals surface area contributed by atoms with Crippen molar-refractivity contribution in [2.45, 2.75) is 13.3 Å². The average Bonchev–Trinajstić information content (AvgIpc) is 2.16. The Morgan fingerprint density at radius 1 is 1.67 bits per heavy atom. The zero-order chi connectivity index (χ0) is 11.3. The van der Waals surface area contributed by atoms with Crippen LogP contribution < -0.4 is 5.32 Å². The lowest BCUT2D eigenvalue weighted by Gasteiger charge is -2.04. The summed E-state index contributed by atoms with van der Waals surface area (Å²) in [7, 11) is 0. The fraction of sp³-hybridized carbons (Fsp3) is 0.273. The second kappa shape index (κ2) is 5.51. The third-order valence-corrected chi connectivity index (χ3v) is 2.01. The number of halogens is 1. The summed E-state index contributed by atoms with van der Waals surface area (Å²) in [4.78, 5) is 15.6. The molecule has 0 aliphatic rings. The van der Waals surface area contributed by atoms with Crippen molar-refractivity contribution in [3.8, 4) is 0 Å². The van der Waals surface area contributed by atoms with Gasteiger partial charge in [0.1, 0.15) is 5.15 Å². The van der Waals surface area contributed by atoms with Gasteiger partial charge in [-0.05, 0) is 25.5 Å². The van der Waals surface area contributed by atoms with Crippen LogP contribution in [0.15, 0.2) is 24.8 Å². The Morgan fingerprint density at radius 2 is 2.40 bits per heavy atom. The predicted octanol–water partition coefficient (Wildman–Crippen LogP) is 2.35. The molecule has 80 valence electrons. The number of amides is 1. The maximum atomic E-state index is 11.6. The van der Waals surface area contributed by atoms with Crippen LogP contribution >= 0.6 is 11.6 Å². The summed E-state index contributed by atoms with van der Waals surface area (Å²) in [6.45, 7) is 5.96. The second-order valence-electron chi connectivity index (χ2n) is 3.15. The first-order chi connectivity index (χ1) is 7.13. The second-order valence-corrected chi connectivity index (χ2v) is 3.54. The molecule has 1 rings (SSSR count). The fourth-order valence-corrected chi connectivity index (χ4v) is 1.40. The van der Waals surface area contributed by atoms with E-state index in [-0.39, 0.29) is 5.91 Å². The van der Waals surface area contributed by atoms with Crippen molar-refractivity contribution in [3.05, 3.63) is 41.2 Å². The summed E-state index contributed by atoms with van der Waals surface area (Å²) in [6, 6.07) is 3.26. The van der Waals surface area contributed by atoms with Crippen LogP contribution in [-0.2, 0) is 0 Å². The third-order valence-electron chi connectivity index (χ3n) is 1.82. The molecule has 0 aromatic carbocycles. The SMILES string of the molecule is C=CCCNC(=O)c1cc(C)nc(Cl)c1. The summed E-state index contributed by atoms with van der Waals surface area (Å²) >= 11 is 5.75. The third kappa shape index (κ3) is 3.72. The molecule has 1 N–H and O–H groups in total. The van der Waals surface area contributed by atoms with E-state index in [0.717, 1.165) is 12.1 Å². The van der Waals surface area contributed by atoms with Crippen LogP contribution in [0.4, 0.5) is 0 Å². The Morgan fingerprint density at radius 3 is 3.00 bits per heavy atom. The maximum absolute atomic E-state index is 11.6. The number of rotatable bonds is 4. The number of carbonyl (C=O) groups excluding carboxylic acids is 1. The zero-order valence-corrected chi connectivity index (χ0v) is 9.34. The molecule has 0 aliphatic carbocycles. The topological polar surface area (TPSA) is 42.0 Å². The van der Waals surface area contributed by atoms with Gasteiger partial charge in [-0.3, -0.25) is 4.79 Å². The highest BCUT2D eigenvalue weighted by atomic mass is 35.5. The summed E-state index contributed by atoms with van der Waals surface area (Å²) in [5.74, 6) is -0.135. The van der Waals surface area contributed by atoms with Crippen molar-refractivity contribution in [1.82, 2.24) is 10.3 Å². The number of carbonyl (C=O) groups is 1. The van der Waals surface area contributed by atoms with Crippen molar-refractivity contribution in [2.24, 2.45) is 0 Å². The molecule has 0 bridgehead atoms. The Labute approximate surface area is 94.2 Å². The lowest BCUT2D eigenvalue weighted by Crippen LogP contribution is -2.24. The molecule has 1 heterocycles. The van der Waals surface area contributed by atoms with Crippen LogP contribution in [0, 0.1) is 6.92 Å². The van der Waals surface area contributed by atoms with E-state index in [0.29, 0.717) is 17.3 Å². The number of pyridine rings is 1. The molecule has 1 aromatic rings. The van der Waals surface area contributed by atoms with Gasteiger partial charge in [0.2, 0.25) is 0 Å². The fourth-order valence-electron chi connectivity index (χ4n) is 1.15. The van der Waals surface area contributed by atoms with E-state index < -0.39 is 0 Å². The van der Waals surface area contributed by atoms with Gasteiger partial charge in [-0.2, -0.15) is 0 Å². The molecular weight excluding hydrogens is 212 g/mol. The maximum Gasteiger partial charge on any atom is 0.251 e. The molecule has 0 spiro atoms. The Hall–Kier alpha value is -1.35. The van der Waals surface area contributed by atoms with Gasteiger partial charge >= 0.3 is 0 Å². The minimum atomic E-state index is -0.135. The molecule has 0 saturated heterocycles. The van der Waals surface area contributed by atoms with Crippen molar-refractivity contribution in [1.29, 1.82) is 0 Å². The predicted molar refractivity (Wildman–Crippen MR) is 61.1 cm³/mol. The molecule has 3 nitrogen and oxygen atoms in total. The molecule has 0 unspecified atom stereocenters. The summed E-state index contributed by atoms with van der Waals surface area (Å²) < 4.78 is 0. The highest BCUT2D eigenvalue weighted by Crippen LogP contribution is 2.10. The number of aryl methyl sites for hydroxylation is 1. The molecular formula is C11H13ClN2O. The normalized spacial score (nSPS) is 9.73. The number of hydrogen-bond donors (Lipinski definition) is 1. The molecule has 1 aromatic heterocycles. The first kappa shape index (κ1) is 11.7. The highest BCUT2D eigenvalue weighted by Gasteiger charge is 2.06. The number of aromatic nitrogens is 1. The van der Waals surface area contributed by atoms with E-state index >= 15 is 0 Å². The Balaban J connectivity index is 2.69. The largest absolute Gasteiger partial charge is 0.352 e. The minimum Gasteiger partial charge on any atom is -0.352 e. The number of nitrogens with one attached hydrogen (secondary N) is 1. The monoisotopic (exact) mass is 224 g/mol. The number of hydrogen-bond acceptors (Lipinski definition) is 2. The molecule has 0 radical (unpaired) electrons. The van der Waals surface area contributed by atoms with Gasteiger partial charge < -0.3 is 5.32 Å². The summed E-state index contributed by atoms with van der Waals surface area (Å²) in [5, 5.41) is 3.09. The molecule has 1 amide bonds. The van der Waals surface area contributed by atoms with Crippen LogP contribution in [0.3, 0.4) is 0 Å². The quantitative estimate of drug-likeness (QED) is 0.485. The van der Waals surface area contributed by atoms with Gasteiger partial charge in [0.25, 0.3) is 5.91 Å². The van der Waals surface area contributed by atoms with E-state index in [2.05, 4.69) is 16.9 Å². The molecule has 0 atom stereocenters. The van der Waals surface area contributed by atoms with Crippen LogP contribution in [0.5, 0.6) is 0 Å². The average molecular weight is 225 g/mol. The lowest BCUT2D eigenvalue weighted by molar-refractivity contribution is 0.0954. The van der Waals surface area contributed by atoms with Gasteiger partial charge in [0.05, 0.1) is 0 Å². The van der Waals surface area contributed by atoms with Crippen molar-refractivity contribution < 1.29 is 4.79 Å². The first-order valence-electron chi connectivity index (χ1n) is 4.67. The van der Waals surface area contributed by atoms with Gasteiger partial charge in [-0.1, -0.05) is 17.7 Å². The minimum absolute atomic E-state index is 0.135. The molecule has 0 fully saturated rings. The number of nitrogens with zero attached hydrogens (tertiary/aromatic N) is 1. The summed E-state index contributed by atoms with van der Waals surface area (Å²) in [6.07, 6.45) is 2.51. The van der Waals surface area contributed by atoms with Crippen LogP contribution in [0.1, 0.15) is 22.5 Å². The van der Waals surface area contributed by atoms with Gasteiger partial charge in [-0.25, -0.2) is 4.98 Å². The standard InChI is InChI=1S/C11H13ClN2O/c1-3-4-5-13-11(15)9-6-8(2)14-10(12)7-9/h3,6-7H,1,4-5H2,2H3,(H,13,15). The Bertz CT molecular complexity index is 357. The van der Waals surface area contributed by atoms with E-state index in [1.54, 1.807) is 25.1 Å². The van der Waals surface area contributed by atoms with E-state index in [4.69, 9.17) is 11.6 Å².